The van der Waals surface area contributed by atoms with Crippen LogP contribution in [0.4, 0.5) is 0 Å². The molecule has 0 saturated carbocycles. The van der Waals surface area contributed by atoms with Crippen molar-refractivity contribution in [3.05, 3.63) is 88.0 Å². The van der Waals surface area contributed by atoms with E-state index in [0.717, 1.165) is 0 Å². The predicted molar refractivity (Wildman–Crippen MR) is 283 cm³/mol. The van der Waals surface area contributed by atoms with Crippen molar-refractivity contribution >= 4 is 35.8 Å². The Hall–Kier alpha value is -11.7. The number of hydrogen-bond donors (Lipinski definition) is 22. The van der Waals surface area contributed by atoms with E-state index in [1.54, 1.807) is 0 Å². The van der Waals surface area contributed by atoms with Gasteiger partial charge in [0, 0.05) is 17.2 Å². The van der Waals surface area contributed by atoms with E-state index in [9.17, 15) is 141 Å². The molecule has 0 bridgehead atoms. The number of phenolic OH excluding ortho intramolecular Hbond substituents is 17. The molecule has 0 spiro atoms. The minimum atomic E-state index is -3.12. The van der Waals surface area contributed by atoms with Gasteiger partial charge < -0.3 is 155 Å². The lowest BCUT2D eigenvalue weighted by Gasteiger charge is -2.44. The molecule has 0 aliphatic carbocycles. The van der Waals surface area contributed by atoms with E-state index in [4.69, 9.17) is 42.6 Å². The number of aliphatic hydroxyl groups excluding tert-OH is 4. The van der Waals surface area contributed by atoms with Gasteiger partial charge in [-0.3, -0.25) is 0 Å². The number of aromatic hydroxyl groups is 17. The van der Waals surface area contributed by atoms with E-state index >= 15 is 0 Å². The number of carbonyl (C=O) groups excluding carboxylic acids is 6. The minimum absolute atomic E-state index is 0.329. The van der Waals surface area contributed by atoms with Crippen molar-refractivity contribution in [1.82, 2.24) is 0 Å². The Kier molecular flexibility index (Phi) is 17.1. The van der Waals surface area contributed by atoms with Crippen molar-refractivity contribution in [2.75, 3.05) is 19.8 Å². The molecule has 9 rings (SSSR count). The molecule has 6 aromatic rings. The van der Waals surface area contributed by atoms with Crippen molar-refractivity contribution < 1.29 is 184 Å². The number of rotatable bonds is 12. The second-order valence-electron chi connectivity index (χ2n) is 20.0. The normalized spacial score (nSPS) is 22.8. The van der Waals surface area contributed by atoms with Crippen LogP contribution in [0.3, 0.4) is 0 Å². The Balaban J connectivity index is 1.16. The largest absolute Gasteiger partial charge is 0.504 e. The van der Waals surface area contributed by atoms with Gasteiger partial charge in [0.25, 0.3) is 0 Å². The van der Waals surface area contributed by atoms with E-state index in [0.29, 0.717) is 54.6 Å². The fraction of sp³-hybridized carbons (Fsp3) is 0.236. The van der Waals surface area contributed by atoms with E-state index in [1.807, 2.05) is 0 Å². The quantitative estimate of drug-likeness (QED) is 0.0405. The van der Waals surface area contributed by atoms with Crippen molar-refractivity contribution in [1.29, 1.82) is 0 Å². The van der Waals surface area contributed by atoms with Gasteiger partial charge in [-0.05, 0) is 48.5 Å². The topological polar surface area (TPSA) is 631 Å². The molecular formula is C55H46O37. The molecule has 2 saturated heterocycles. The highest BCUT2D eigenvalue weighted by molar-refractivity contribution is 6.08. The molecule has 3 aliphatic heterocycles. The first kappa shape index (κ1) is 64.7. The SMILES string of the molecule is O=C(O[C@@H]1O[C@@H]2COC(=O)c3cc(O)c(O)c(O)c3-c3c(cc(O)c(O)c3O)C(=O)O[C@H]2[C@H](OC(=O)c2cc(O)c(O)c(O)c2)[C@H]1OC(=O)c1cc(O)c(O)c(O)c1)c1cc(O)c(O)c(Oc2c(C(=O)OCC3(O)O[C@H](CO)[C@@H](O)[C@@H](O)[C@@H]3O)cc(O)c(O)c2O)c1. The van der Waals surface area contributed by atoms with Gasteiger partial charge in [-0.1, -0.05) is 0 Å². The summed E-state index contributed by atoms with van der Waals surface area (Å²) in [6.45, 7) is -4.00. The number of hydrogen-bond acceptors (Lipinski definition) is 37. The van der Waals surface area contributed by atoms with Crippen LogP contribution >= 0.6 is 0 Å². The maximum absolute atomic E-state index is 14.7. The first-order valence-corrected chi connectivity index (χ1v) is 25.6. The van der Waals surface area contributed by atoms with E-state index in [2.05, 4.69) is 0 Å². The average Bonchev–Trinajstić information content (AvgIpc) is 1.16. The fourth-order valence-corrected chi connectivity index (χ4v) is 9.42. The summed E-state index contributed by atoms with van der Waals surface area (Å²) in [6.07, 6.45) is -21.8. The molecule has 37 nitrogen and oxygen atoms in total. The average molecular weight is 1300 g/mol. The van der Waals surface area contributed by atoms with Crippen molar-refractivity contribution in [3.63, 3.8) is 0 Å². The molecule has 92 heavy (non-hydrogen) atoms. The number of ether oxygens (including phenoxy) is 9. The molecule has 37 heteroatoms. The van der Waals surface area contributed by atoms with Crippen LogP contribution in [-0.2, 0) is 37.9 Å². The number of esters is 6. The highest BCUT2D eigenvalue weighted by atomic mass is 16.8. The molecule has 10 atom stereocenters. The van der Waals surface area contributed by atoms with Gasteiger partial charge in [-0.25, -0.2) is 28.8 Å². The molecule has 22 N–H and O–H groups in total. The summed E-state index contributed by atoms with van der Waals surface area (Å²) in [4.78, 5) is 85.6. The zero-order valence-corrected chi connectivity index (χ0v) is 45.5. The Morgan fingerprint density at radius 1 is 0.500 bits per heavy atom. The third kappa shape index (κ3) is 11.6. The number of aliphatic hydroxyl groups is 5. The van der Waals surface area contributed by atoms with E-state index < -0.39 is 270 Å². The Morgan fingerprint density at radius 3 is 1.47 bits per heavy atom. The smallest absolute Gasteiger partial charge is 0.342 e. The maximum atomic E-state index is 14.7. The Morgan fingerprint density at radius 2 is 0.946 bits per heavy atom. The van der Waals surface area contributed by atoms with Crippen molar-refractivity contribution in [3.8, 4) is 120 Å². The van der Waals surface area contributed by atoms with Crippen molar-refractivity contribution in [2.24, 2.45) is 0 Å². The highest BCUT2D eigenvalue weighted by Crippen LogP contribution is 2.54. The zero-order chi connectivity index (χ0) is 67.6. The van der Waals surface area contributed by atoms with Crippen LogP contribution in [0.5, 0.6) is 109 Å². The molecule has 0 amide bonds. The monoisotopic (exact) mass is 1300 g/mol. The third-order valence-electron chi connectivity index (χ3n) is 14.1. The van der Waals surface area contributed by atoms with Gasteiger partial charge in [0.2, 0.25) is 46.9 Å². The van der Waals surface area contributed by atoms with Gasteiger partial charge in [-0.15, -0.1) is 0 Å². The maximum Gasteiger partial charge on any atom is 0.342 e. The molecule has 3 aliphatic rings. The van der Waals surface area contributed by atoms with Crippen LogP contribution < -0.4 is 4.74 Å². The summed E-state index contributed by atoms with van der Waals surface area (Å²) >= 11 is 0. The summed E-state index contributed by atoms with van der Waals surface area (Å²) in [5.41, 5.74) is -8.76. The summed E-state index contributed by atoms with van der Waals surface area (Å²) in [6, 6.07) is 3.66. The van der Waals surface area contributed by atoms with Crippen LogP contribution in [0.15, 0.2) is 54.6 Å². The van der Waals surface area contributed by atoms with Gasteiger partial charge >= 0.3 is 35.8 Å². The second kappa shape index (κ2) is 24.3. The number of benzene rings is 6. The van der Waals surface area contributed by atoms with Gasteiger partial charge in [0.1, 0.15) is 49.3 Å². The molecule has 3 heterocycles. The van der Waals surface area contributed by atoms with Crippen LogP contribution in [0.25, 0.3) is 11.1 Å². The highest BCUT2D eigenvalue weighted by Gasteiger charge is 2.56. The van der Waals surface area contributed by atoms with Crippen LogP contribution in [0, 0.1) is 0 Å². The molecule has 2 fully saturated rings. The van der Waals surface area contributed by atoms with Gasteiger partial charge in [-0.2, -0.15) is 0 Å². The van der Waals surface area contributed by atoms with Gasteiger partial charge in [0.15, 0.2) is 92.7 Å². The second-order valence-corrected chi connectivity index (χ2v) is 20.0. The molecule has 0 aromatic heterocycles. The van der Waals surface area contributed by atoms with Crippen LogP contribution in [0.2, 0.25) is 0 Å². The number of phenols is 17. The number of cyclic esters (lactones) is 1. The summed E-state index contributed by atoms with van der Waals surface area (Å²) in [7, 11) is 0. The van der Waals surface area contributed by atoms with Crippen LogP contribution in [-0.4, -0.2) is 229 Å². The molecule has 6 aromatic carbocycles. The molecule has 1 unspecified atom stereocenters. The lowest BCUT2D eigenvalue weighted by molar-refractivity contribution is -0.357. The first-order chi connectivity index (χ1) is 43.2. The van der Waals surface area contributed by atoms with E-state index in [1.165, 1.54) is 0 Å². The summed E-state index contributed by atoms with van der Waals surface area (Å²) in [5.74, 6) is -39.8. The Labute approximate surface area is 507 Å². The number of carbonyl (C=O) groups is 6. The van der Waals surface area contributed by atoms with Gasteiger partial charge in [0.05, 0.1) is 34.4 Å². The summed E-state index contributed by atoms with van der Waals surface area (Å²) in [5, 5.41) is 232. The molecule has 488 valence electrons. The Bertz CT molecular complexity index is 4000. The third-order valence-corrected chi connectivity index (χ3v) is 14.1. The molecule has 0 radical (unpaired) electrons. The lowest BCUT2D eigenvalue weighted by Crippen LogP contribution is -2.66. The lowest BCUT2D eigenvalue weighted by atomic mass is 9.92. The standard InChI is InChI=1S/C55H46O37/c56-10-28-38(71)42(75)47(76)55(83,92-28)12-85-52(81)18-9-26(64)37(70)41(74)43(18)86-27-6-15(5-23(61)34(27)67)50(79)91-54-46(90-49(78)14-3-21(59)33(66)22(60)4-14)45(89-48(77)13-1-19(57)32(65)20(58)2-13)44-29(87-54)11-84-51(80)16-7-24(62)35(68)39(72)30(16)31-17(53(82)88-44)8-25(63)36(69)40(31)73/h1-9,28-29,38,42,44-47,54,56-76,83H,10-12H2/t28-,29-,38-,42-,44-,45+,46-,47+,54+,55?/m1/s1. The number of fused-ring (bicyclic) bond motifs is 4. The fourth-order valence-electron chi connectivity index (χ4n) is 9.42. The zero-order valence-electron chi connectivity index (χ0n) is 45.5. The molecular weight excluding hydrogens is 1250 g/mol. The minimum Gasteiger partial charge on any atom is -0.504 e. The van der Waals surface area contributed by atoms with E-state index in [-0.39, 0.29) is 0 Å². The first-order valence-electron chi connectivity index (χ1n) is 25.6. The predicted octanol–water partition coefficient (Wildman–Crippen LogP) is -0.811. The summed E-state index contributed by atoms with van der Waals surface area (Å²) < 4.78 is 49.4. The van der Waals surface area contributed by atoms with Crippen molar-refractivity contribution in [2.45, 2.75) is 60.9 Å². The van der Waals surface area contributed by atoms with Crippen LogP contribution in [0.1, 0.15) is 62.1 Å².